The Kier molecular flexibility index (Phi) is 5.55. The van der Waals surface area contributed by atoms with E-state index in [0.717, 1.165) is 16.8 Å². The number of anilines is 1. The van der Waals surface area contributed by atoms with Crippen LogP contribution in [0, 0.1) is 0 Å². The predicted octanol–water partition coefficient (Wildman–Crippen LogP) is 3.33. The van der Waals surface area contributed by atoms with Crippen LogP contribution in [0.1, 0.15) is 11.1 Å². The molecule has 2 N–H and O–H groups in total. The number of aliphatic hydroxyl groups excluding tert-OH is 1. The van der Waals surface area contributed by atoms with Crippen molar-refractivity contribution in [1.82, 2.24) is 0 Å². The summed E-state index contributed by atoms with van der Waals surface area (Å²) in [5.74, 6) is 0.246. The Morgan fingerprint density at radius 3 is 1.95 bits per heavy atom. The molecule has 1 atom stereocenters. The first-order valence-electron chi connectivity index (χ1n) is 7.11. The summed E-state index contributed by atoms with van der Waals surface area (Å²) >= 11 is 0. The van der Waals surface area contributed by atoms with Crippen molar-refractivity contribution in [3.8, 4) is 5.75 Å². The van der Waals surface area contributed by atoms with Gasteiger partial charge in [-0.3, -0.25) is 0 Å². The minimum Gasteiger partial charge on any atom is -0.508 e. The van der Waals surface area contributed by atoms with Crippen molar-refractivity contribution >= 4 is 17.8 Å². The number of rotatable bonds is 6. The zero-order valence-electron chi connectivity index (χ0n) is 12.5. The van der Waals surface area contributed by atoms with Crippen LogP contribution in [-0.2, 0) is 0 Å². The van der Waals surface area contributed by atoms with Gasteiger partial charge in [0.2, 0.25) is 0 Å². The highest BCUT2D eigenvalue weighted by molar-refractivity contribution is 5.70. The van der Waals surface area contributed by atoms with Crippen LogP contribution in [0.25, 0.3) is 12.2 Å². The second-order valence-corrected chi connectivity index (χ2v) is 5.12. The number of hydrogen-bond donors (Lipinski definition) is 2. The quantitative estimate of drug-likeness (QED) is 0.804. The SMILES string of the molecule is CN(c1ccc(/C=C/c2ccc(O)cc2)cc1)C(CO)CF. The first-order valence-corrected chi connectivity index (χ1v) is 7.11. The number of alkyl halides is 1. The van der Waals surface area contributed by atoms with Gasteiger partial charge in [-0.05, 0) is 35.4 Å². The molecule has 0 saturated carbocycles. The van der Waals surface area contributed by atoms with E-state index in [1.165, 1.54) is 0 Å². The summed E-state index contributed by atoms with van der Waals surface area (Å²) in [4.78, 5) is 1.73. The van der Waals surface area contributed by atoms with E-state index in [4.69, 9.17) is 5.11 Å². The number of halogens is 1. The Bertz CT molecular complexity index is 604. The summed E-state index contributed by atoms with van der Waals surface area (Å²) in [6.45, 7) is -0.801. The van der Waals surface area contributed by atoms with Gasteiger partial charge in [0.15, 0.2) is 0 Å². The first kappa shape index (κ1) is 16.0. The lowest BCUT2D eigenvalue weighted by Crippen LogP contribution is -2.36. The fourth-order valence-corrected chi connectivity index (χ4v) is 2.08. The summed E-state index contributed by atoms with van der Waals surface area (Å²) in [5, 5.41) is 18.4. The molecule has 0 saturated heterocycles. The maximum absolute atomic E-state index is 12.8. The molecule has 0 fully saturated rings. The largest absolute Gasteiger partial charge is 0.508 e. The van der Waals surface area contributed by atoms with Crippen LogP contribution in [0.4, 0.5) is 10.1 Å². The highest BCUT2D eigenvalue weighted by Gasteiger charge is 2.13. The lowest BCUT2D eigenvalue weighted by Gasteiger charge is -2.26. The molecule has 0 amide bonds. The molecule has 0 spiro atoms. The molecule has 2 rings (SSSR count). The molecular formula is C18H20FNO2. The topological polar surface area (TPSA) is 43.7 Å². The van der Waals surface area contributed by atoms with Crippen LogP contribution in [0.5, 0.6) is 5.75 Å². The maximum Gasteiger partial charge on any atom is 0.115 e. The molecule has 0 aromatic heterocycles. The van der Waals surface area contributed by atoms with Crippen molar-refractivity contribution in [2.24, 2.45) is 0 Å². The number of aliphatic hydroxyl groups is 1. The second kappa shape index (κ2) is 7.61. The average molecular weight is 301 g/mol. The number of nitrogens with zero attached hydrogens (tertiary/aromatic N) is 1. The lowest BCUT2D eigenvalue weighted by molar-refractivity contribution is 0.238. The predicted molar refractivity (Wildman–Crippen MR) is 88.7 cm³/mol. The van der Waals surface area contributed by atoms with Gasteiger partial charge >= 0.3 is 0 Å². The molecule has 3 nitrogen and oxygen atoms in total. The van der Waals surface area contributed by atoms with Gasteiger partial charge in [-0.2, -0.15) is 0 Å². The van der Waals surface area contributed by atoms with Gasteiger partial charge in [0, 0.05) is 12.7 Å². The Morgan fingerprint density at radius 1 is 1.00 bits per heavy atom. The summed E-state index contributed by atoms with van der Waals surface area (Å²) in [6.07, 6.45) is 3.92. The minimum atomic E-state index is -0.588. The third-order valence-corrected chi connectivity index (χ3v) is 3.60. The lowest BCUT2D eigenvalue weighted by atomic mass is 10.1. The highest BCUT2D eigenvalue weighted by atomic mass is 19.1. The van der Waals surface area contributed by atoms with Crippen molar-refractivity contribution in [2.45, 2.75) is 6.04 Å². The number of benzene rings is 2. The molecule has 116 valence electrons. The molecule has 22 heavy (non-hydrogen) atoms. The fourth-order valence-electron chi connectivity index (χ4n) is 2.08. The normalized spacial score (nSPS) is 12.5. The maximum atomic E-state index is 12.8. The van der Waals surface area contributed by atoms with E-state index in [0.29, 0.717) is 0 Å². The van der Waals surface area contributed by atoms with E-state index < -0.39 is 12.7 Å². The van der Waals surface area contributed by atoms with Crippen LogP contribution < -0.4 is 4.90 Å². The highest BCUT2D eigenvalue weighted by Crippen LogP contribution is 2.18. The van der Waals surface area contributed by atoms with E-state index in [1.807, 2.05) is 48.6 Å². The van der Waals surface area contributed by atoms with Gasteiger partial charge in [0.1, 0.15) is 12.4 Å². The van der Waals surface area contributed by atoms with Gasteiger partial charge in [-0.15, -0.1) is 0 Å². The van der Waals surface area contributed by atoms with Gasteiger partial charge in [-0.1, -0.05) is 36.4 Å². The number of likely N-dealkylation sites (N-methyl/N-ethyl adjacent to an activating group) is 1. The second-order valence-electron chi connectivity index (χ2n) is 5.12. The van der Waals surface area contributed by atoms with Crippen LogP contribution >= 0.6 is 0 Å². The molecule has 0 aliphatic heterocycles. The van der Waals surface area contributed by atoms with Gasteiger partial charge in [0.05, 0.1) is 12.6 Å². The van der Waals surface area contributed by atoms with E-state index in [2.05, 4.69) is 0 Å². The van der Waals surface area contributed by atoms with Crippen molar-refractivity contribution in [1.29, 1.82) is 0 Å². The van der Waals surface area contributed by atoms with Gasteiger partial charge in [0.25, 0.3) is 0 Å². The number of phenolic OH excluding ortho intramolecular Hbond substituents is 1. The summed E-state index contributed by atoms with van der Waals surface area (Å²) in [7, 11) is 1.77. The Hall–Kier alpha value is -2.33. The minimum absolute atomic E-state index is 0.213. The number of phenols is 1. The number of aromatic hydroxyl groups is 1. The van der Waals surface area contributed by atoms with Crippen molar-refractivity contribution in [3.05, 3.63) is 59.7 Å². The van der Waals surface area contributed by atoms with Crippen LogP contribution in [-0.4, -0.2) is 36.6 Å². The summed E-state index contributed by atoms with van der Waals surface area (Å²) in [5.41, 5.74) is 2.88. The molecule has 0 heterocycles. The Labute approximate surface area is 130 Å². The monoisotopic (exact) mass is 301 g/mol. The zero-order valence-corrected chi connectivity index (χ0v) is 12.5. The van der Waals surface area contributed by atoms with Crippen molar-refractivity contribution in [2.75, 3.05) is 25.2 Å². The molecule has 2 aromatic rings. The molecule has 4 heteroatoms. The van der Waals surface area contributed by atoms with Gasteiger partial charge in [-0.25, -0.2) is 4.39 Å². The van der Waals surface area contributed by atoms with Crippen LogP contribution in [0.15, 0.2) is 48.5 Å². The van der Waals surface area contributed by atoms with E-state index in [1.54, 1.807) is 24.1 Å². The van der Waals surface area contributed by atoms with Gasteiger partial charge < -0.3 is 15.1 Å². The Balaban J connectivity index is 2.07. The third-order valence-electron chi connectivity index (χ3n) is 3.60. The number of hydrogen-bond acceptors (Lipinski definition) is 3. The summed E-state index contributed by atoms with van der Waals surface area (Å²) < 4.78 is 12.8. The molecule has 0 radical (unpaired) electrons. The molecule has 1 unspecified atom stereocenters. The smallest absolute Gasteiger partial charge is 0.115 e. The van der Waals surface area contributed by atoms with Crippen LogP contribution in [0.3, 0.4) is 0 Å². The molecule has 0 aliphatic carbocycles. The third kappa shape index (κ3) is 4.09. The standard InChI is InChI=1S/C18H20FNO2/c1-20(17(12-19)13-21)16-8-4-14(5-9-16)2-3-15-6-10-18(22)11-7-15/h2-11,17,21-22H,12-13H2,1H3/b3-2+. The fraction of sp³-hybridized carbons (Fsp3) is 0.222. The Morgan fingerprint density at radius 2 is 1.50 bits per heavy atom. The average Bonchev–Trinajstić information content (AvgIpc) is 2.56. The van der Waals surface area contributed by atoms with E-state index in [9.17, 15) is 9.50 Å². The van der Waals surface area contributed by atoms with E-state index >= 15 is 0 Å². The first-order chi connectivity index (χ1) is 10.6. The molecular weight excluding hydrogens is 281 g/mol. The zero-order chi connectivity index (χ0) is 15.9. The van der Waals surface area contributed by atoms with Crippen molar-refractivity contribution < 1.29 is 14.6 Å². The molecule has 0 aliphatic rings. The molecule has 0 bridgehead atoms. The summed E-state index contributed by atoms with van der Waals surface area (Å²) in [6, 6.07) is 14.1. The van der Waals surface area contributed by atoms with E-state index in [-0.39, 0.29) is 12.4 Å². The molecule has 2 aromatic carbocycles. The van der Waals surface area contributed by atoms with Crippen LogP contribution in [0.2, 0.25) is 0 Å². The van der Waals surface area contributed by atoms with Crippen molar-refractivity contribution in [3.63, 3.8) is 0 Å².